The molecular formula is C17H26N2O2. The molecule has 21 heavy (non-hydrogen) atoms. The van der Waals surface area contributed by atoms with E-state index in [1.54, 1.807) is 0 Å². The Hall–Kier alpha value is -1.39. The third kappa shape index (κ3) is 4.55. The molecule has 0 radical (unpaired) electrons. The van der Waals surface area contributed by atoms with Crippen LogP contribution >= 0.6 is 0 Å². The molecule has 2 rings (SSSR count). The number of carbonyl (C=O) groups is 1. The van der Waals surface area contributed by atoms with E-state index in [1.165, 1.54) is 5.56 Å². The molecule has 4 nitrogen and oxygen atoms in total. The average molecular weight is 290 g/mol. The van der Waals surface area contributed by atoms with Crippen molar-refractivity contribution in [2.45, 2.75) is 45.3 Å². The van der Waals surface area contributed by atoms with E-state index in [4.69, 9.17) is 5.11 Å². The molecule has 2 atom stereocenters. The number of benzene rings is 1. The molecule has 1 saturated heterocycles. The number of carboxylic acid groups (broad SMARTS) is 1. The second-order valence-corrected chi connectivity index (χ2v) is 5.99. The van der Waals surface area contributed by atoms with E-state index in [0.717, 1.165) is 32.5 Å². The maximum absolute atomic E-state index is 11.1. The number of carboxylic acids is 1. The summed E-state index contributed by atoms with van der Waals surface area (Å²) in [5.41, 5.74) is 1.33. The van der Waals surface area contributed by atoms with Crippen LogP contribution in [0.4, 0.5) is 0 Å². The minimum Gasteiger partial charge on any atom is -0.480 e. The zero-order chi connectivity index (χ0) is 15.2. The van der Waals surface area contributed by atoms with Crippen LogP contribution < -0.4 is 0 Å². The third-order valence-corrected chi connectivity index (χ3v) is 4.44. The summed E-state index contributed by atoms with van der Waals surface area (Å²) < 4.78 is 0. The molecule has 1 N–H and O–H groups in total. The van der Waals surface area contributed by atoms with Crippen LogP contribution in [-0.4, -0.2) is 52.6 Å². The number of aliphatic carboxylic acids is 1. The first-order valence-electron chi connectivity index (χ1n) is 7.84. The highest BCUT2D eigenvalue weighted by Gasteiger charge is 2.30. The molecule has 0 aliphatic carbocycles. The average Bonchev–Trinajstić information content (AvgIpc) is 2.93. The molecular weight excluding hydrogens is 264 g/mol. The van der Waals surface area contributed by atoms with Crippen molar-refractivity contribution in [3.8, 4) is 0 Å². The molecule has 116 valence electrons. The standard InChI is InChI=1S/C17H26N2O2/c1-3-14(2)19(13-17(20)21)16-9-10-18(12-16)11-15-7-5-4-6-8-15/h4-8,14,16H,3,9-13H2,1-2H3,(H,20,21). The van der Waals surface area contributed by atoms with Crippen LogP contribution in [-0.2, 0) is 11.3 Å². The van der Waals surface area contributed by atoms with E-state index in [2.05, 4.69) is 47.9 Å². The van der Waals surface area contributed by atoms with Crippen LogP contribution in [0.5, 0.6) is 0 Å². The summed E-state index contributed by atoms with van der Waals surface area (Å²) in [7, 11) is 0. The van der Waals surface area contributed by atoms with Crippen molar-refractivity contribution in [3.05, 3.63) is 35.9 Å². The van der Waals surface area contributed by atoms with Crippen molar-refractivity contribution >= 4 is 5.97 Å². The van der Waals surface area contributed by atoms with Crippen LogP contribution in [0.1, 0.15) is 32.3 Å². The van der Waals surface area contributed by atoms with E-state index < -0.39 is 5.97 Å². The molecule has 1 aliphatic heterocycles. The van der Waals surface area contributed by atoms with Gasteiger partial charge in [-0.05, 0) is 25.3 Å². The Morgan fingerprint density at radius 3 is 2.76 bits per heavy atom. The highest BCUT2D eigenvalue weighted by atomic mass is 16.4. The van der Waals surface area contributed by atoms with Gasteiger partial charge >= 0.3 is 5.97 Å². The van der Waals surface area contributed by atoms with Crippen molar-refractivity contribution in [2.75, 3.05) is 19.6 Å². The largest absolute Gasteiger partial charge is 0.480 e. The van der Waals surface area contributed by atoms with Crippen LogP contribution in [0.25, 0.3) is 0 Å². The van der Waals surface area contributed by atoms with Gasteiger partial charge in [-0.3, -0.25) is 14.6 Å². The van der Waals surface area contributed by atoms with Gasteiger partial charge in [0.1, 0.15) is 0 Å². The van der Waals surface area contributed by atoms with Crippen LogP contribution in [0.2, 0.25) is 0 Å². The van der Waals surface area contributed by atoms with E-state index in [-0.39, 0.29) is 6.54 Å². The summed E-state index contributed by atoms with van der Waals surface area (Å²) in [6, 6.07) is 11.2. The molecule has 0 amide bonds. The van der Waals surface area contributed by atoms with Gasteiger partial charge in [-0.15, -0.1) is 0 Å². The number of hydrogen-bond acceptors (Lipinski definition) is 3. The normalized spacial score (nSPS) is 20.8. The lowest BCUT2D eigenvalue weighted by atomic mass is 10.1. The summed E-state index contributed by atoms with van der Waals surface area (Å²) in [5, 5.41) is 9.13. The summed E-state index contributed by atoms with van der Waals surface area (Å²) >= 11 is 0. The highest BCUT2D eigenvalue weighted by Crippen LogP contribution is 2.21. The maximum atomic E-state index is 11.1. The zero-order valence-electron chi connectivity index (χ0n) is 13.0. The second kappa shape index (κ2) is 7.57. The van der Waals surface area contributed by atoms with Gasteiger partial charge in [-0.1, -0.05) is 37.3 Å². The molecule has 1 aromatic rings. The Bertz CT molecular complexity index is 449. The van der Waals surface area contributed by atoms with Crippen molar-refractivity contribution in [1.29, 1.82) is 0 Å². The van der Waals surface area contributed by atoms with Gasteiger partial charge < -0.3 is 5.11 Å². The summed E-state index contributed by atoms with van der Waals surface area (Å²) in [6.07, 6.45) is 2.05. The van der Waals surface area contributed by atoms with Gasteiger partial charge in [0.05, 0.1) is 6.54 Å². The predicted octanol–water partition coefficient (Wildman–Crippen LogP) is 2.45. The first-order valence-corrected chi connectivity index (χ1v) is 7.84. The Morgan fingerprint density at radius 1 is 1.43 bits per heavy atom. The number of nitrogens with zero attached hydrogens (tertiary/aromatic N) is 2. The van der Waals surface area contributed by atoms with Crippen molar-refractivity contribution in [1.82, 2.24) is 9.80 Å². The minimum absolute atomic E-state index is 0.152. The number of hydrogen-bond donors (Lipinski definition) is 1. The molecule has 0 bridgehead atoms. The molecule has 0 aromatic heterocycles. The smallest absolute Gasteiger partial charge is 0.317 e. The minimum atomic E-state index is -0.725. The summed E-state index contributed by atoms with van der Waals surface area (Å²) in [4.78, 5) is 15.7. The lowest BCUT2D eigenvalue weighted by molar-refractivity contribution is -0.139. The number of rotatable bonds is 7. The van der Waals surface area contributed by atoms with Gasteiger partial charge in [-0.2, -0.15) is 0 Å². The molecule has 1 aliphatic rings. The van der Waals surface area contributed by atoms with Gasteiger partial charge in [0.15, 0.2) is 0 Å². The quantitative estimate of drug-likeness (QED) is 0.837. The van der Waals surface area contributed by atoms with E-state index in [9.17, 15) is 4.79 Å². The fourth-order valence-electron chi connectivity index (χ4n) is 3.10. The molecule has 1 heterocycles. The van der Waals surface area contributed by atoms with Crippen molar-refractivity contribution < 1.29 is 9.90 Å². The number of likely N-dealkylation sites (tertiary alicyclic amines) is 1. The molecule has 0 spiro atoms. The molecule has 1 aromatic carbocycles. The monoisotopic (exact) mass is 290 g/mol. The molecule has 0 saturated carbocycles. The van der Waals surface area contributed by atoms with E-state index in [1.807, 2.05) is 6.07 Å². The first kappa shape index (κ1) is 16.0. The summed E-state index contributed by atoms with van der Waals surface area (Å²) in [5.74, 6) is -0.725. The SMILES string of the molecule is CCC(C)N(CC(=O)O)C1CCN(Cc2ccccc2)C1. The fourth-order valence-corrected chi connectivity index (χ4v) is 3.10. The van der Waals surface area contributed by atoms with E-state index >= 15 is 0 Å². The fraction of sp³-hybridized carbons (Fsp3) is 0.588. The maximum Gasteiger partial charge on any atom is 0.317 e. The van der Waals surface area contributed by atoms with Crippen molar-refractivity contribution in [3.63, 3.8) is 0 Å². The predicted molar refractivity (Wildman–Crippen MR) is 84.2 cm³/mol. The molecule has 1 fully saturated rings. The van der Waals surface area contributed by atoms with Crippen LogP contribution in [0.3, 0.4) is 0 Å². The van der Waals surface area contributed by atoms with Gasteiger partial charge in [-0.25, -0.2) is 0 Å². The lowest BCUT2D eigenvalue weighted by Crippen LogP contribution is -2.45. The Balaban J connectivity index is 1.94. The van der Waals surface area contributed by atoms with Gasteiger partial charge in [0, 0.05) is 31.7 Å². The Labute approximate surface area is 127 Å². The zero-order valence-corrected chi connectivity index (χ0v) is 13.0. The molecule has 4 heteroatoms. The summed E-state index contributed by atoms with van der Waals surface area (Å²) in [6.45, 7) is 7.37. The van der Waals surface area contributed by atoms with Crippen LogP contribution in [0.15, 0.2) is 30.3 Å². The first-order chi connectivity index (χ1) is 10.1. The lowest BCUT2D eigenvalue weighted by Gasteiger charge is -2.32. The highest BCUT2D eigenvalue weighted by molar-refractivity contribution is 5.69. The molecule has 2 unspecified atom stereocenters. The van der Waals surface area contributed by atoms with Crippen molar-refractivity contribution in [2.24, 2.45) is 0 Å². The second-order valence-electron chi connectivity index (χ2n) is 5.99. The van der Waals surface area contributed by atoms with Gasteiger partial charge in [0.25, 0.3) is 0 Å². The third-order valence-electron chi connectivity index (χ3n) is 4.44. The van der Waals surface area contributed by atoms with Gasteiger partial charge in [0.2, 0.25) is 0 Å². The Kier molecular flexibility index (Phi) is 5.76. The Morgan fingerprint density at radius 2 is 2.14 bits per heavy atom. The topological polar surface area (TPSA) is 43.8 Å². The van der Waals surface area contributed by atoms with E-state index in [0.29, 0.717) is 12.1 Å². The van der Waals surface area contributed by atoms with Crippen LogP contribution in [0, 0.1) is 0 Å².